The summed E-state index contributed by atoms with van der Waals surface area (Å²) in [7, 11) is 1.13. The molecular weight excluding hydrogens is 481 g/mol. The molecule has 1 aliphatic heterocycles. The summed E-state index contributed by atoms with van der Waals surface area (Å²) < 4.78 is 102. The molecule has 2 aromatic rings. The lowest BCUT2D eigenvalue weighted by Gasteiger charge is -2.34. The molecule has 0 spiro atoms. The van der Waals surface area contributed by atoms with E-state index in [4.69, 9.17) is 5.11 Å². The Kier molecular flexibility index (Phi) is 6.44. The van der Waals surface area contributed by atoms with Crippen LogP contribution in [0.15, 0.2) is 18.2 Å². The number of ether oxygens (including phenoxy) is 1. The second-order valence-corrected chi connectivity index (χ2v) is 7.12. The van der Waals surface area contributed by atoms with Gasteiger partial charge in [0.1, 0.15) is 12.4 Å². The normalized spacial score (nSPS) is 14.5. The third-order valence-corrected chi connectivity index (χ3v) is 4.84. The van der Waals surface area contributed by atoms with Gasteiger partial charge in [0.15, 0.2) is 29.0 Å². The van der Waals surface area contributed by atoms with Crippen molar-refractivity contribution in [2.24, 2.45) is 0 Å². The SMILES string of the molecule is CN(CCC(=O)O)C(=O)CN1C(=O)C(F)(F)Oc2cc(F)c(-c3cc(F)c(F)c(F)c3F)cc21. The van der Waals surface area contributed by atoms with Crippen molar-refractivity contribution in [2.75, 3.05) is 25.0 Å². The van der Waals surface area contributed by atoms with Crippen molar-refractivity contribution in [2.45, 2.75) is 12.5 Å². The molecule has 1 heterocycles. The zero-order valence-electron chi connectivity index (χ0n) is 17.0. The molecular formula is C20H13F7N2O5. The molecule has 0 saturated heterocycles. The van der Waals surface area contributed by atoms with Crippen LogP contribution >= 0.6 is 0 Å². The van der Waals surface area contributed by atoms with Crippen molar-refractivity contribution >= 4 is 23.5 Å². The second-order valence-electron chi connectivity index (χ2n) is 7.12. The third-order valence-electron chi connectivity index (χ3n) is 4.84. The maximum Gasteiger partial charge on any atom is 0.482 e. The highest BCUT2D eigenvalue weighted by atomic mass is 19.3. The first-order valence-electron chi connectivity index (χ1n) is 9.26. The summed E-state index contributed by atoms with van der Waals surface area (Å²) in [4.78, 5) is 36.2. The molecule has 1 N–H and O–H groups in total. The van der Waals surface area contributed by atoms with Gasteiger partial charge in [0.2, 0.25) is 5.91 Å². The predicted octanol–water partition coefficient (Wildman–Crippen LogP) is 3.30. The highest BCUT2D eigenvalue weighted by Crippen LogP contribution is 2.43. The van der Waals surface area contributed by atoms with E-state index in [9.17, 15) is 45.1 Å². The van der Waals surface area contributed by atoms with E-state index in [0.717, 1.165) is 11.9 Å². The average Bonchev–Trinajstić information content (AvgIpc) is 2.75. The molecule has 1 aliphatic rings. The van der Waals surface area contributed by atoms with Crippen molar-refractivity contribution in [3.05, 3.63) is 47.3 Å². The van der Waals surface area contributed by atoms with Gasteiger partial charge in [0.25, 0.3) is 0 Å². The first kappa shape index (κ1) is 24.8. The van der Waals surface area contributed by atoms with Crippen LogP contribution in [0.5, 0.6) is 5.75 Å². The van der Waals surface area contributed by atoms with Crippen LogP contribution in [0.1, 0.15) is 6.42 Å². The van der Waals surface area contributed by atoms with Gasteiger partial charge in [-0.05, 0) is 12.1 Å². The number of hydrogen-bond acceptors (Lipinski definition) is 4. The van der Waals surface area contributed by atoms with Gasteiger partial charge < -0.3 is 14.7 Å². The van der Waals surface area contributed by atoms with E-state index in [0.29, 0.717) is 6.07 Å². The number of anilines is 1. The summed E-state index contributed by atoms with van der Waals surface area (Å²) in [5, 5.41) is 8.69. The number of carboxylic acids is 1. The van der Waals surface area contributed by atoms with Crippen LogP contribution in [0, 0.1) is 29.1 Å². The number of fused-ring (bicyclic) bond motifs is 1. The second kappa shape index (κ2) is 8.83. The van der Waals surface area contributed by atoms with E-state index < -0.39 is 88.5 Å². The number of rotatable bonds is 6. The molecule has 0 aromatic heterocycles. The molecule has 3 rings (SSSR count). The molecule has 34 heavy (non-hydrogen) atoms. The molecule has 0 fully saturated rings. The quantitative estimate of drug-likeness (QED) is 0.379. The van der Waals surface area contributed by atoms with Crippen LogP contribution in [0.3, 0.4) is 0 Å². The Hall–Kier alpha value is -3.84. The molecule has 182 valence electrons. The fourth-order valence-electron chi connectivity index (χ4n) is 3.06. The molecule has 2 aromatic carbocycles. The summed E-state index contributed by atoms with van der Waals surface area (Å²) in [5.41, 5.74) is -2.77. The molecule has 0 saturated carbocycles. The van der Waals surface area contributed by atoms with Crippen LogP contribution in [0.4, 0.5) is 36.4 Å². The van der Waals surface area contributed by atoms with Crippen LogP contribution in [-0.4, -0.2) is 54.0 Å². The first-order chi connectivity index (χ1) is 15.7. The van der Waals surface area contributed by atoms with Gasteiger partial charge in [0.05, 0.1) is 12.1 Å². The zero-order valence-corrected chi connectivity index (χ0v) is 17.0. The molecule has 0 bridgehead atoms. The highest BCUT2D eigenvalue weighted by molar-refractivity contribution is 6.05. The summed E-state index contributed by atoms with van der Waals surface area (Å²) in [6, 6.07) is 0.917. The molecule has 0 atom stereocenters. The largest absolute Gasteiger partial charge is 0.482 e. The zero-order chi connectivity index (χ0) is 25.5. The van der Waals surface area contributed by atoms with Gasteiger partial charge in [-0.2, -0.15) is 8.78 Å². The van der Waals surface area contributed by atoms with Crippen molar-refractivity contribution in [1.29, 1.82) is 0 Å². The minimum absolute atomic E-state index is 0.119. The molecule has 0 aliphatic carbocycles. The number of carbonyl (C=O) groups is 3. The molecule has 14 heteroatoms. The van der Waals surface area contributed by atoms with Crippen LogP contribution in [0.25, 0.3) is 11.1 Å². The van der Waals surface area contributed by atoms with Gasteiger partial charge in [-0.3, -0.25) is 19.3 Å². The van der Waals surface area contributed by atoms with E-state index in [2.05, 4.69) is 4.74 Å². The molecule has 7 nitrogen and oxygen atoms in total. The van der Waals surface area contributed by atoms with Crippen LogP contribution in [-0.2, 0) is 14.4 Å². The summed E-state index contributed by atoms with van der Waals surface area (Å²) in [6.45, 7) is -1.44. The van der Waals surface area contributed by atoms with Gasteiger partial charge in [-0.15, -0.1) is 0 Å². The lowest BCUT2D eigenvalue weighted by molar-refractivity contribution is -0.193. The molecule has 0 unspecified atom stereocenters. The standard InChI is InChI=1S/C20H13F7N2O5/c1-28(3-2-15(31)32)14(30)7-29-12-5-8(9-4-11(22)17(24)18(25)16(9)23)10(21)6-13(12)34-20(26,27)19(29)33/h4-6H,2-3,7H2,1H3,(H,31,32). The first-order valence-corrected chi connectivity index (χ1v) is 9.26. The Bertz CT molecular complexity index is 1200. The molecule has 2 amide bonds. The monoisotopic (exact) mass is 494 g/mol. The van der Waals surface area contributed by atoms with Gasteiger partial charge >= 0.3 is 18.0 Å². The summed E-state index contributed by atoms with van der Waals surface area (Å²) in [6.07, 6.45) is -5.04. The maximum absolute atomic E-state index is 14.6. The Morgan fingerprint density at radius 3 is 2.26 bits per heavy atom. The molecule has 0 radical (unpaired) electrons. The highest BCUT2D eigenvalue weighted by Gasteiger charge is 2.51. The van der Waals surface area contributed by atoms with Gasteiger partial charge in [0, 0.05) is 30.8 Å². The maximum atomic E-state index is 14.6. The number of nitrogens with zero attached hydrogens (tertiary/aromatic N) is 2. The smallest absolute Gasteiger partial charge is 0.481 e. The van der Waals surface area contributed by atoms with E-state index in [1.807, 2.05) is 0 Å². The number of likely N-dealkylation sites (N-methyl/N-ethyl adjacent to an activating group) is 1. The van der Waals surface area contributed by atoms with Crippen molar-refractivity contribution in [3.63, 3.8) is 0 Å². The third kappa shape index (κ3) is 4.47. The Morgan fingerprint density at radius 1 is 1.00 bits per heavy atom. The number of halogens is 7. The van der Waals surface area contributed by atoms with Crippen LogP contribution in [0.2, 0.25) is 0 Å². The lowest BCUT2D eigenvalue weighted by atomic mass is 10.0. The van der Waals surface area contributed by atoms with E-state index >= 15 is 0 Å². The number of benzene rings is 2. The van der Waals surface area contributed by atoms with E-state index in [-0.39, 0.29) is 23.6 Å². The van der Waals surface area contributed by atoms with Gasteiger partial charge in [-0.25, -0.2) is 22.0 Å². The van der Waals surface area contributed by atoms with E-state index in [1.54, 1.807) is 0 Å². The fraction of sp³-hybridized carbons (Fsp3) is 0.250. The Morgan fingerprint density at radius 2 is 1.65 bits per heavy atom. The average molecular weight is 494 g/mol. The minimum Gasteiger partial charge on any atom is -0.481 e. The number of alkyl halides is 2. The summed E-state index contributed by atoms with van der Waals surface area (Å²) in [5.74, 6) is -15.1. The summed E-state index contributed by atoms with van der Waals surface area (Å²) >= 11 is 0. The number of carbonyl (C=O) groups excluding carboxylic acids is 2. The van der Waals surface area contributed by atoms with Gasteiger partial charge in [-0.1, -0.05) is 0 Å². The van der Waals surface area contributed by atoms with Crippen molar-refractivity contribution in [1.82, 2.24) is 4.90 Å². The number of amides is 2. The number of aliphatic carboxylic acids is 1. The number of carboxylic acid groups (broad SMARTS) is 1. The number of hydrogen-bond donors (Lipinski definition) is 1. The Labute approximate surface area is 185 Å². The topological polar surface area (TPSA) is 87.2 Å². The van der Waals surface area contributed by atoms with Crippen molar-refractivity contribution < 1.29 is 55.0 Å². The predicted molar refractivity (Wildman–Crippen MR) is 99.5 cm³/mol. The van der Waals surface area contributed by atoms with E-state index in [1.165, 1.54) is 0 Å². The van der Waals surface area contributed by atoms with Crippen molar-refractivity contribution in [3.8, 4) is 16.9 Å². The Balaban J connectivity index is 2.09. The fourth-order valence-corrected chi connectivity index (χ4v) is 3.06. The minimum atomic E-state index is -4.54. The van der Waals surface area contributed by atoms with Crippen LogP contribution < -0.4 is 9.64 Å². The lowest BCUT2D eigenvalue weighted by Crippen LogP contribution is -2.53.